The number of nitrogens with zero attached hydrogens (tertiary/aromatic N) is 3. The van der Waals surface area contributed by atoms with E-state index in [9.17, 15) is 13.2 Å². The minimum absolute atomic E-state index is 0.254. The molecule has 100 valence electrons. The van der Waals surface area contributed by atoms with Gasteiger partial charge in [0.05, 0.1) is 0 Å². The molecule has 0 atom stereocenters. The number of aromatic nitrogens is 3. The van der Waals surface area contributed by atoms with Crippen LogP contribution in [0, 0.1) is 0 Å². The topological polar surface area (TPSA) is 76.7 Å². The van der Waals surface area contributed by atoms with E-state index in [0.717, 1.165) is 11.6 Å². The maximum absolute atomic E-state index is 12.3. The first-order chi connectivity index (χ1) is 8.95. The monoisotopic (exact) mass is 269 g/mol. The van der Waals surface area contributed by atoms with Gasteiger partial charge in [0.25, 0.3) is 0 Å². The summed E-state index contributed by atoms with van der Waals surface area (Å²) in [5, 5.41) is 9.39. The van der Waals surface area contributed by atoms with Crippen molar-refractivity contribution in [2.45, 2.75) is 12.7 Å². The first kappa shape index (κ1) is 13.1. The van der Waals surface area contributed by atoms with Gasteiger partial charge in [0.2, 0.25) is 0 Å². The van der Waals surface area contributed by atoms with Crippen molar-refractivity contribution in [3.8, 4) is 0 Å². The number of hydrogen-bond acceptors (Lipinski definition) is 5. The standard InChI is InChI=1S/C11H10F3N5/c12-11(13,14)8-2-4-10(19-18-8)17-6-7-1-3-9(15)16-5-7/h1-5H,6H2,(H2,15,16)(H,17,19). The van der Waals surface area contributed by atoms with Crippen LogP contribution in [0.15, 0.2) is 30.5 Å². The van der Waals surface area contributed by atoms with Crippen molar-refractivity contribution in [1.82, 2.24) is 15.2 Å². The van der Waals surface area contributed by atoms with Gasteiger partial charge in [-0.3, -0.25) is 0 Å². The van der Waals surface area contributed by atoms with Crippen LogP contribution in [0.2, 0.25) is 0 Å². The summed E-state index contributed by atoms with van der Waals surface area (Å²) >= 11 is 0. The van der Waals surface area contributed by atoms with E-state index < -0.39 is 11.9 Å². The van der Waals surface area contributed by atoms with Crippen molar-refractivity contribution >= 4 is 11.6 Å². The fraction of sp³-hybridized carbons (Fsp3) is 0.182. The molecule has 5 nitrogen and oxygen atoms in total. The molecule has 2 rings (SSSR count). The van der Waals surface area contributed by atoms with Crippen LogP contribution < -0.4 is 11.1 Å². The van der Waals surface area contributed by atoms with Gasteiger partial charge in [-0.15, -0.1) is 10.2 Å². The van der Waals surface area contributed by atoms with E-state index in [1.165, 1.54) is 6.07 Å². The Morgan fingerprint density at radius 1 is 1.11 bits per heavy atom. The highest BCUT2D eigenvalue weighted by Gasteiger charge is 2.32. The third-order valence-corrected chi connectivity index (χ3v) is 2.28. The molecule has 0 amide bonds. The molecule has 2 heterocycles. The molecule has 0 aliphatic heterocycles. The highest BCUT2D eigenvalue weighted by atomic mass is 19.4. The van der Waals surface area contributed by atoms with E-state index in [1.807, 2.05) is 0 Å². The van der Waals surface area contributed by atoms with Crippen molar-refractivity contribution in [2.24, 2.45) is 0 Å². The Bertz CT molecular complexity index is 536. The molecule has 0 bridgehead atoms. The summed E-state index contributed by atoms with van der Waals surface area (Å²) < 4.78 is 36.8. The summed E-state index contributed by atoms with van der Waals surface area (Å²) in [6.45, 7) is 0.368. The Kier molecular flexibility index (Phi) is 3.50. The number of anilines is 2. The van der Waals surface area contributed by atoms with E-state index in [4.69, 9.17) is 5.73 Å². The van der Waals surface area contributed by atoms with Crippen LogP contribution in [0.1, 0.15) is 11.3 Å². The first-order valence-corrected chi connectivity index (χ1v) is 5.30. The quantitative estimate of drug-likeness (QED) is 0.892. The summed E-state index contributed by atoms with van der Waals surface area (Å²) in [5.41, 5.74) is 5.24. The number of rotatable bonds is 3. The van der Waals surface area contributed by atoms with Crippen LogP contribution in [0.25, 0.3) is 0 Å². The lowest BCUT2D eigenvalue weighted by molar-refractivity contribution is -0.141. The SMILES string of the molecule is Nc1ccc(CNc2ccc(C(F)(F)F)nn2)cn1. The maximum atomic E-state index is 12.3. The van der Waals surface area contributed by atoms with Crippen molar-refractivity contribution in [1.29, 1.82) is 0 Å². The smallest absolute Gasteiger partial charge is 0.384 e. The van der Waals surface area contributed by atoms with E-state index in [0.29, 0.717) is 12.4 Å². The fourth-order valence-electron chi connectivity index (χ4n) is 1.31. The van der Waals surface area contributed by atoms with Crippen LogP contribution in [0.4, 0.5) is 24.8 Å². The Morgan fingerprint density at radius 2 is 1.89 bits per heavy atom. The number of nitrogen functional groups attached to an aromatic ring is 1. The summed E-state index contributed by atoms with van der Waals surface area (Å²) in [7, 11) is 0. The second-order valence-electron chi connectivity index (χ2n) is 3.75. The molecule has 0 aliphatic carbocycles. The van der Waals surface area contributed by atoms with Crippen LogP contribution in [-0.2, 0) is 12.7 Å². The second kappa shape index (κ2) is 5.09. The van der Waals surface area contributed by atoms with E-state index in [-0.39, 0.29) is 5.82 Å². The molecular formula is C11H10F3N5. The van der Waals surface area contributed by atoms with E-state index >= 15 is 0 Å². The van der Waals surface area contributed by atoms with Crippen molar-refractivity contribution in [3.63, 3.8) is 0 Å². The normalized spacial score (nSPS) is 11.3. The predicted octanol–water partition coefficient (Wildman–Crippen LogP) is 2.08. The molecule has 0 saturated heterocycles. The van der Waals surface area contributed by atoms with Crippen LogP contribution in [0.3, 0.4) is 0 Å². The van der Waals surface area contributed by atoms with E-state index in [2.05, 4.69) is 20.5 Å². The molecule has 2 aromatic heterocycles. The van der Waals surface area contributed by atoms with Crippen LogP contribution >= 0.6 is 0 Å². The number of halogens is 3. The van der Waals surface area contributed by atoms with Gasteiger partial charge < -0.3 is 11.1 Å². The number of alkyl halides is 3. The molecule has 0 spiro atoms. The maximum Gasteiger partial charge on any atom is 0.435 e. The number of nitrogens with two attached hydrogens (primary N) is 1. The molecule has 19 heavy (non-hydrogen) atoms. The Labute approximate surface area is 106 Å². The minimum atomic E-state index is -4.48. The van der Waals surface area contributed by atoms with Gasteiger partial charge in [0, 0.05) is 12.7 Å². The molecule has 2 aromatic rings. The van der Waals surface area contributed by atoms with Crippen LogP contribution in [0.5, 0.6) is 0 Å². The van der Waals surface area contributed by atoms with Crippen molar-refractivity contribution < 1.29 is 13.2 Å². The number of nitrogens with one attached hydrogen (secondary N) is 1. The summed E-state index contributed by atoms with van der Waals surface area (Å²) in [6, 6.07) is 5.49. The predicted molar refractivity (Wildman–Crippen MR) is 63.0 cm³/mol. The average molecular weight is 269 g/mol. The van der Waals surface area contributed by atoms with Crippen molar-refractivity contribution in [3.05, 3.63) is 41.7 Å². The molecule has 8 heteroatoms. The van der Waals surface area contributed by atoms with Gasteiger partial charge in [-0.2, -0.15) is 13.2 Å². The lowest BCUT2D eigenvalue weighted by Gasteiger charge is -2.07. The van der Waals surface area contributed by atoms with Gasteiger partial charge in [0.1, 0.15) is 11.6 Å². The average Bonchev–Trinajstić information content (AvgIpc) is 2.37. The fourth-order valence-corrected chi connectivity index (χ4v) is 1.31. The molecule has 3 N–H and O–H groups in total. The van der Waals surface area contributed by atoms with Gasteiger partial charge in [-0.1, -0.05) is 6.07 Å². The molecule has 0 fully saturated rings. The largest absolute Gasteiger partial charge is 0.435 e. The number of pyridine rings is 1. The summed E-state index contributed by atoms with van der Waals surface area (Å²) in [6.07, 6.45) is -2.91. The second-order valence-corrected chi connectivity index (χ2v) is 3.75. The third kappa shape index (κ3) is 3.54. The zero-order chi connectivity index (χ0) is 13.9. The van der Waals surface area contributed by atoms with Gasteiger partial charge in [0.15, 0.2) is 5.69 Å². The van der Waals surface area contributed by atoms with E-state index in [1.54, 1.807) is 18.3 Å². The molecule has 0 unspecified atom stereocenters. The lowest BCUT2D eigenvalue weighted by Crippen LogP contribution is -2.10. The molecular weight excluding hydrogens is 259 g/mol. The number of hydrogen-bond donors (Lipinski definition) is 2. The summed E-state index contributed by atoms with van der Waals surface area (Å²) in [5.74, 6) is 0.655. The molecule has 0 aromatic carbocycles. The Morgan fingerprint density at radius 3 is 2.42 bits per heavy atom. The Balaban J connectivity index is 1.98. The summed E-state index contributed by atoms with van der Waals surface area (Å²) in [4.78, 5) is 3.89. The molecule has 0 aliphatic rings. The highest BCUT2D eigenvalue weighted by molar-refractivity contribution is 5.36. The zero-order valence-electron chi connectivity index (χ0n) is 9.65. The third-order valence-electron chi connectivity index (χ3n) is 2.28. The van der Waals surface area contributed by atoms with Crippen LogP contribution in [-0.4, -0.2) is 15.2 Å². The lowest BCUT2D eigenvalue weighted by atomic mass is 10.3. The first-order valence-electron chi connectivity index (χ1n) is 5.30. The highest BCUT2D eigenvalue weighted by Crippen LogP contribution is 2.27. The van der Waals surface area contributed by atoms with Gasteiger partial charge in [-0.05, 0) is 23.8 Å². The molecule has 0 radical (unpaired) electrons. The minimum Gasteiger partial charge on any atom is -0.384 e. The van der Waals surface area contributed by atoms with Gasteiger partial charge >= 0.3 is 6.18 Å². The Hall–Kier alpha value is -2.38. The van der Waals surface area contributed by atoms with Gasteiger partial charge in [-0.25, -0.2) is 4.98 Å². The zero-order valence-corrected chi connectivity index (χ0v) is 9.65. The molecule has 0 saturated carbocycles. The van der Waals surface area contributed by atoms with Crippen molar-refractivity contribution in [2.75, 3.05) is 11.1 Å².